The van der Waals surface area contributed by atoms with Crippen molar-refractivity contribution in [1.29, 1.82) is 0 Å². The fraction of sp³-hybridized carbons (Fsp3) is 0.0588. The summed E-state index contributed by atoms with van der Waals surface area (Å²) in [6.07, 6.45) is 0. The summed E-state index contributed by atoms with van der Waals surface area (Å²) in [5.41, 5.74) is 3.73. The van der Waals surface area contributed by atoms with Crippen LogP contribution >= 0.6 is 0 Å². The van der Waals surface area contributed by atoms with Gasteiger partial charge in [-0.1, -0.05) is 35.5 Å². The molecule has 2 heterocycles. The minimum atomic E-state index is -0.466. The lowest BCUT2D eigenvalue weighted by molar-refractivity contribution is -0.110. The minimum absolute atomic E-state index is 0.189. The van der Waals surface area contributed by atoms with Crippen LogP contribution in [0.25, 0.3) is 5.57 Å². The molecule has 0 unspecified atom stereocenters. The van der Waals surface area contributed by atoms with Gasteiger partial charge in [0.25, 0.3) is 5.91 Å². The summed E-state index contributed by atoms with van der Waals surface area (Å²) in [6, 6.07) is 12.1. The van der Waals surface area contributed by atoms with Gasteiger partial charge in [0.15, 0.2) is 0 Å². The molecule has 0 bridgehead atoms. The number of carbonyl (C=O) groups is 1. The Morgan fingerprint density at radius 1 is 1.04 bits per heavy atom. The molecular weight excluding hydrogens is 297 g/mol. The van der Waals surface area contributed by atoms with Crippen molar-refractivity contribution in [3.63, 3.8) is 0 Å². The van der Waals surface area contributed by atoms with Crippen LogP contribution in [0, 0.1) is 5.82 Å². The third-order valence-corrected chi connectivity index (χ3v) is 3.86. The zero-order valence-electron chi connectivity index (χ0n) is 12.2. The van der Waals surface area contributed by atoms with Gasteiger partial charge in [0, 0.05) is 16.8 Å². The highest BCUT2D eigenvalue weighted by Crippen LogP contribution is 2.39. The maximum atomic E-state index is 13.9. The summed E-state index contributed by atoms with van der Waals surface area (Å²) in [6.45, 7) is 0. The lowest BCUT2D eigenvalue weighted by atomic mass is 10.0. The topological polar surface area (TPSA) is 62.7 Å². The highest BCUT2D eigenvalue weighted by atomic mass is 19.1. The molecule has 0 fully saturated rings. The van der Waals surface area contributed by atoms with Crippen molar-refractivity contribution in [2.75, 3.05) is 17.7 Å². The molecule has 0 spiro atoms. The number of amides is 1. The van der Waals surface area contributed by atoms with E-state index in [1.807, 2.05) is 24.3 Å². The van der Waals surface area contributed by atoms with Crippen molar-refractivity contribution < 1.29 is 14.0 Å². The van der Waals surface area contributed by atoms with E-state index >= 15 is 0 Å². The quantitative estimate of drug-likeness (QED) is 0.629. The second kappa shape index (κ2) is 4.95. The highest BCUT2D eigenvalue weighted by Gasteiger charge is 2.35. The fourth-order valence-electron chi connectivity index (χ4n) is 2.90. The van der Waals surface area contributed by atoms with Crippen LogP contribution in [0.2, 0.25) is 0 Å². The Balaban J connectivity index is 1.98. The van der Waals surface area contributed by atoms with Crippen LogP contribution in [-0.4, -0.2) is 18.7 Å². The largest absolute Gasteiger partial charge is 0.399 e. The molecule has 1 amide bonds. The van der Waals surface area contributed by atoms with E-state index in [1.165, 1.54) is 13.2 Å². The van der Waals surface area contributed by atoms with Crippen molar-refractivity contribution in [3.8, 4) is 0 Å². The number of nitrogens with one attached hydrogen (secondary N) is 2. The first-order chi connectivity index (χ1) is 11.2. The number of nitrogens with zero attached hydrogens (tertiary/aromatic N) is 1. The zero-order chi connectivity index (χ0) is 16.0. The predicted molar refractivity (Wildman–Crippen MR) is 85.6 cm³/mol. The lowest BCUT2D eigenvalue weighted by Gasteiger charge is -2.05. The molecule has 0 saturated carbocycles. The molecule has 114 valence electrons. The third kappa shape index (κ3) is 1.92. The van der Waals surface area contributed by atoms with E-state index in [4.69, 9.17) is 4.84 Å². The summed E-state index contributed by atoms with van der Waals surface area (Å²) in [5.74, 6) is -0.837. The number of hydrogen-bond donors (Lipinski definition) is 2. The van der Waals surface area contributed by atoms with Crippen molar-refractivity contribution in [3.05, 3.63) is 65.1 Å². The maximum Gasteiger partial charge on any atom is 0.258 e. The van der Waals surface area contributed by atoms with Crippen LogP contribution < -0.4 is 10.6 Å². The third-order valence-electron chi connectivity index (χ3n) is 3.86. The summed E-state index contributed by atoms with van der Waals surface area (Å²) in [5, 5.41) is 9.81. The van der Waals surface area contributed by atoms with Crippen LogP contribution in [0.15, 0.2) is 53.3 Å². The van der Waals surface area contributed by atoms with E-state index in [9.17, 15) is 9.18 Å². The fourth-order valence-corrected chi connectivity index (χ4v) is 2.90. The molecule has 23 heavy (non-hydrogen) atoms. The van der Waals surface area contributed by atoms with Gasteiger partial charge < -0.3 is 15.5 Å². The van der Waals surface area contributed by atoms with E-state index in [1.54, 1.807) is 12.1 Å². The van der Waals surface area contributed by atoms with Gasteiger partial charge in [-0.3, -0.25) is 4.79 Å². The Hall–Kier alpha value is -3.15. The van der Waals surface area contributed by atoms with Crippen molar-refractivity contribution in [1.82, 2.24) is 0 Å². The number of rotatable bonds is 1. The number of allylic oxidation sites excluding steroid dienone is 1. The van der Waals surface area contributed by atoms with Gasteiger partial charge in [0.2, 0.25) is 0 Å². The van der Waals surface area contributed by atoms with E-state index in [2.05, 4.69) is 15.8 Å². The number of carbonyl (C=O) groups excluding carboxylic acids is 1. The number of hydrogen-bond acceptors (Lipinski definition) is 4. The van der Waals surface area contributed by atoms with E-state index < -0.39 is 5.82 Å². The van der Waals surface area contributed by atoms with Gasteiger partial charge in [0.1, 0.15) is 18.6 Å². The van der Waals surface area contributed by atoms with Gasteiger partial charge in [-0.15, -0.1) is 0 Å². The molecule has 0 aliphatic carbocycles. The molecule has 2 aliphatic rings. The maximum absolute atomic E-state index is 13.9. The van der Waals surface area contributed by atoms with Gasteiger partial charge in [-0.05, 0) is 12.1 Å². The molecule has 6 heteroatoms. The van der Waals surface area contributed by atoms with Crippen LogP contribution in [0.4, 0.5) is 15.8 Å². The minimum Gasteiger partial charge on any atom is -0.399 e. The highest BCUT2D eigenvalue weighted by molar-refractivity contribution is 6.39. The van der Waals surface area contributed by atoms with Crippen molar-refractivity contribution in [2.24, 2.45) is 5.16 Å². The molecule has 0 aromatic heterocycles. The molecule has 4 rings (SSSR count). The van der Waals surface area contributed by atoms with E-state index in [-0.39, 0.29) is 11.6 Å². The Kier molecular flexibility index (Phi) is 2.90. The number of para-hydroxylation sites is 2. The van der Waals surface area contributed by atoms with E-state index in [0.29, 0.717) is 22.5 Å². The van der Waals surface area contributed by atoms with Crippen LogP contribution in [0.3, 0.4) is 0 Å². The van der Waals surface area contributed by atoms with Crippen molar-refractivity contribution >= 4 is 28.6 Å². The predicted octanol–water partition coefficient (Wildman–Crippen LogP) is 2.97. The lowest BCUT2D eigenvalue weighted by Crippen LogP contribution is -2.12. The first-order valence-electron chi connectivity index (χ1n) is 7.03. The average molecular weight is 309 g/mol. The molecule has 5 nitrogen and oxygen atoms in total. The monoisotopic (exact) mass is 309 g/mol. The van der Waals surface area contributed by atoms with Crippen LogP contribution in [0.5, 0.6) is 0 Å². The molecule has 2 aromatic carbocycles. The normalized spacial score (nSPS) is 20.1. The molecule has 0 radical (unpaired) electrons. The second-order valence-corrected chi connectivity index (χ2v) is 5.16. The molecular formula is C17H12FN3O2. The Morgan fingerprint density at radius 3 is 2.65 bits per heavy atom. The first-order valence-corrected chi connectivity index (χ1v) is 7.03. The number of benzene rings is 2. The SMILES string of the molecule is CO/N=C1/C(=C2/C(=O)Nc3c(F)cccc32)Nc2ccccc21. The zero-order valence-corrected chi connectivity index (χ0v) is 12.2. The van der Waals surface area contributed by atoms with Gasteiger partial charge in [-0.2, -0.15) is 0 Å². The van der Waals surface area contributed by atoms with Crippen LogP contribution in [0.1, 0.15) is 11.1 Å². The Bertz CT molecular complexity index is 902. The number of anilines is 2. The standard InChI is InChI=1S/C17H12FN3O2/c1-23-21-15-9-5-2-3-8-12(9)19-16(15)13-10-6-4-7-11(18)14(10)20-17(13)22/h2-8,19H,1H3,(H,20,22)/b16-13-,21-15+. The van der Waals surface area contributed by atoms with Crippen molar-refractivity contribution in [2.45, 2.75) is 0 Å². The summed E-state index contributed by atoms with van der Waals surface area (Å²) in [4.78, 5) is 17.3. The molecule has 2 N–H and O–H groups in total. The van der Waals surface area contributed by atoms with Crippen LogP contribution in [-0.2, 0) is 9.63 Å². The smallest absolute Gasteiger partial charge is 0.258 e. The summed E-state index contributed by atoms with van der Waals surface area (Å²) < 4.78 is 13.9. The summed E-state index contributed by atoms with van der Waals surface area (Å²) >= 11 is 0. The molecule has 0 atom stereocenters. The molecule has 2 aromatic rings. The van der Waals surface area contributed by atoms with Gasteiger partial charge >= 0.3 is 0 Å². The Labute approximate surface area is 131 Å². The number of halogens is 1. The average Bonchev–Trinajstić information content (AvgIpc) is 3.06. The summed E-state index contributed by atoms with van der Waals surface area (Å²) in [7, 11) is 1.44. The second-order valence-electron chi connectivity index (χ2n) is 5.16. The van der Waals surface area contributed by atoms with E-state index in [0.717, 1.165) is 11.3 Å². The first kappa shape index (κ1) is 13.5. The van der Waals surface area contributed by atoms with Gasteiger partial charge in [0.05, 0.1) is 17.0 Å². The molecule has 2 aliphatic heterocycles. The van der Waals surface area contributed by atoms with Gasteiger partial charge in [-0.25, -0.2) is 4.39 Å². The Morgan fingerprint density at radius 2 is 1.83 bits per heavy atom. The number of fused-ring (bicyclic) bond motifs is 2. The molecule has 0 saturated heterocycles. The number of oxime groups is 1.